The van der Waals surface area contributed by atoms with Crippen LogP contribution in [0.4, 0.5) is 17.3 Å². The number of halogens is 1. The molecule has 0 aliphatic heterocycles. The van der Waals surface area contributed by atoms with Crippen LogP contribution in [0.25, 0.3) is 0 Å². The van der Waals surface area contributed by atoms with Crippen molar-refractivity contribution in [3.63, 3.8) is 0 Å². The van der Waals surface area contributed by atoms with E-state index in [0.717, 1.165) is 29.9 Å². The summed E-state index contributed by atoms with van der Waals surface area (Å²) in [5, 5.41) is 6.43. The maximum Gasteiger partial charge on any atom is 0.251 e. The molecule has 0 saturated carbocycles. The monoisotopic (exact) mass is 523 g/mol. The molecule has 8 heteroatoms. The summed E-state index contributed by atoms with van der Waals surface area (Å²) in [6.45, 7) is 11.1. The van der Waals surface area contributed by atoms with E-state index in [4.69, 9.17) is 16.3 Å². The Labute approximate surface area is 225 Å². The van der Waals surface area contributed by atoms with E-state index in [9.17, 15) is 4.79 Å². The number of amides is 1. The van der Waals surface area contributed by atoms with Gasteiger partial charge in [-0.3, -0.25) is 4.79 Å². The van der Waals surface area contributed by atoms with Crippen LogP contribution in [0.2, 0.25) is 5.02 Å². The number of ether oxygens (including phenoxy) is 1. The predicted octanol–water partition coefficient (Wildman–Crippen LogP) is 6.15. The number of methoxy groups -OCH3 is 1. The normalized spacial score (nSPS) is 11.1. The Morgan fingerprint density at radius 3 is 2.16 bits per heavy atom. The summed E-state index contributed by atoms with van der Waals surface area (Å²) in [6, 6.07) is 11.9. The standard InChI is InChI=1S/C29H38ClN5O2/c1-19(2)17-35(18-20(3)4)25-11-9-24(10-12-25)34-29-32-15-21(16-33-29)7-8-22-13-23(28(36)31-5)14-26(37-6)27(22)30/h9-16,19-20H,7-8,17-18H2,1-6H3,(H,31,36)(H,32,33,34). The van der Waals surface area contributed by atoms with Gasteiger partial charge in [0.25, 0.3) is 5.91 Å². The van der Waals surface area contributed by atoms with Crippen molar-refractivity contribution < 1.29 is 9.53 Å². The molecule has 1 aromatic heterocycles. The Bertz CT molecular complexity index is 1150. The van der Waals surface area contributed by atoms with Crippen molar-refractivity contribution in [3.8, 4) is 5.75 Å². The van der Waals surface area contributed by atoms with Crippen molar-refractivity contribution in [2.24, 2.45) is 11.8 Å². The van der Waals surface area contributed by atoms with Crippen LogP contribution in [0.15, 0.2) is 48.8 Å². The third-order valence-electron chi connectivity index (χ3n) is 5.87. The molecule has 2 aromatic carbocycles. The summed E-state index contributed by atoms with van der Waals surface area (Å²) in [4.78, 5) is 23.5. The second kappa shape index (κ2) is 13.3. The Morgan fingerprint density at radius 1 is 1.00 bits per heavy atom. The van der Waals surface area contributed by atoms with Gasteiger partial charge in [0.15, 0.2) is 0 Å². The molecule has 2 N–H and O–H groups in total. The molecule has 1 amide bonds. The summed E-state index contributed by atoms with van der Waals surface area (Å²) in [5.41, 5.74) is 4.48. The highest BCUT2D eigenvalue weighted by Gasteiger charge is 2.14. The van der Waals surface area contributed by atoms with Crippen molar-refractivity contribution >= 4 is 34.8 Å². The first-order valence-electron chi connectivity index (χ1n) is 12.7. The minimum atomic E-state index is -0.185. The van der Waals surface area contributed by atoms with Crippen molar-refractivity contribution in [1.82, 2.24) is 15.3 Å². The molecule has 0 spiro atoms. The van der Waals surface area contributed by atoms with Crippen LogP contribution in [0.3, 0.4) is 0 Å². The van der Waals surface area contributed by atoms with Crippen molar-refractivity contribution in [2.45, 2.75) is 40.5 Å². The fourth-order valence-electron chi connectivity index (χ4n) is 4.14. The highest BCUT2D eigenvalue weighted by Crippen LogP contribution is 2.31. The van der Waals surface area contributed by atoms with Gasteiger partial charge in [0.05, 0.1) is 12.1 Å². The molecule has 0 atom stereocenters. The number of carbonyl (C=O) groups is 1. The highest BCUT2D eigenvalue weighted by molar-refractivity contribution is 6.33. The number of nitrogens with one attached hydrogen (secondary N) is 2. The summed E-state index contributed by atoms with van der Waals surface area (Å²) < 4.78 is 5.35. The average Bonchev–Trinajstić information content (AvgIpc) is 2.88. The van der Waals surface area contributed by atoms with Gasteiger partial charge in [-0.15, -0.1) is 0 Å². The molecule has 3 rings (SSSR count). The fourth-order valence-corrected chi connectivity index (χ4v) is 4.42. The smallest absolute Gasteiger partial charge is 0.251 e. The van der Waals surface area contributed by atoms with E-state index >= 15 is 0 Å². The van der Waals surface area contributed by atoms with E-state index in [2.05, 4.69) is 77.5 Å². The van der Waals surface area contributed by atoms with Gasteiger partial charge < -0.3 is 20.3 Å². The van der Waals surface area contributed by atoms with Gasteiger partial charge in [-0.25, -0.2) is 9.97 Å². The fraction of sp³-hybridized carbons (Fsp3) is 0.414. The van der Waals surface area contributed by atoms with Gasteiger partial charge in [-0.05, 0) is 72.2 Å². The predicted molar refractivity (Wildman–Crippen MR) is 152 cm³/mol. The molecule has 0 aliphatic carbocycles. The van der Waals surface area contributed by atoms with E-state index in [0.29, 0.717) is 47.0 Å². The van der Waals surface area contributed by atoms with Gasteiger partial charge >= 0.3 is 0 Å². The first-order chi connectivity index (χ1) is 17.7. The highest BCUT2D eigenvalue weighted by atomic mass is 35.5. The molecule has 0 unspecified atom stereocenters. The summed E-state index contributed by atoms with van der Waals surface area (Å²) in [7, 11) is 3.14. The molecule has 3 aromatic rings. The number of carbonyl (C=O) groups excluding carboxylic acids is 1. The van der Waals surface area contributed by atoms with E-state index in [1.54, 1.807) is 26.3 Å². The van der Waals surface area contributed by atoms with Crippen molar-refractivity contribution in [3.05, 3.63) is 70.5 Å². The number of aromatic nitrogens is 2. The second-order valence-corrected chi connectivity index (χ2v) is 10.4. The van der Waals surface area contributed by atoms with E-state index < -0.39 is 0 Å². The topological polar surface area (TPSA) is 79.4 Å². The van der Waals surface area contributed by atoms with Gasteiger partial charge in [0.2, 0.25) is 5.95 Å². The zero-order valence-electron chi connectivity index (χ0n) is 22.6. The third kappa shape index (κ3) is 8.09. The zero-order valence-corrected chi connectivity index (χ0v) is 23.4. The van der Waals surface area contributed by atoms with Crippen LogP contribution in [-0.4, -0.2) is 43.1 Å². The van der Waals surface area contributed by atoms with Crippen LogP contribution in [0.5, 0.6) is 5.75 Å². The Balaban J connectivity index is 1.64. The summed E-state index contributed by atoms with van der Waals surface area (Å²) >= 11 is 6.49. The van der Waals surface area contributed by atoms with Crippen LogP contribution >= 0.6 is 11.6 Å². The minimum Gasteiger partial charge on any atom is -0.495 e. The second-order valence-electron chi connectivity index (χ2n) is 10.0. The summed E-state index contributed by atoms with van der Waals surface area (Å²) in [5.74, 6) is 2.04. The quantitative estimate of drug-likeness (QED) is 0.296. The van der Waals surface area contributed by atoms with Crippen molar-refractivity contribution in [1.29, 1.82) is 0 Å². The largest absolute Gasteiger partial charge is 0.495 e. The lowest BCUT2D eigenvalue weighted by Crippen LogP contribution is -2.31. The molecule has 0 aliphatic rings. The van der Waals surface area contributed by atoms with Crippen LogP contribution in [0, 0.1) is 11.8 Å². The number of hydrogen-bond acceptors (Lipinski definition) is 6. The Kier molecular flexibility index (Phi) is 10.1. The van der Waals surface area contributed by atoms with Gasteiger partial charge in [0.1, 0.15) is 5.75 Å². The Hall–Kier alpha value is -3.32. The molecule has 0 saturated heterocycles. The zero-order chi connectivity index (χ0) is 26.9. The molecule has 0 fully saturated rings. The van der Waals surface area contributed by atoms with E-state index in [1.807, 2.05) is 12.4 Å². The number of anilines is 3. The molecule has 1 heterocycles. The average molecular weight is 524 g/mol. The van der Waals surface area contributed by atoms with E-state index in [-0.39, 0.29) is 5.91 Å². The maximum atomic E-state index is 12.1. The molecular weight excluding hydrogens is 486 g/mol. The van der Waals surface area contributed by atoms with Crippen LogP contribution in [0.1, 0.15) is 49.2 Å². The molecule has 0 bridgehead atoms. The van der Waals surface area contributed by atoms with Gasteiger partial charge in [0, 0.05) is 49.5 Å². The molecule has 0 radical (unpaired) electrons. The molecule has 198 valence electrons. The number of aryl methyl sites for hydroxylation is 2. The molecular formula is C29H38ClN5O2. The first-order valence-corrected chi connectivity index (χ1v) is 13.1. The number of nitrogens with zero attached hydrogens (tertiary/aromatic N) is 3. The number of hydrogen-bond donors (Lipinski definition) is 2. The van der Waals surface area contributed by atoms with Crippen LogP contribution < -0.4 is 20.3 Å². The van der Waals surface area contributed by atoms with Gasteiger partial charge in [-0.2, -0.15) is 0 Å². The maximum absolute atomic E-state index is 12.1. The SMILES string of the molecule is CNC(=O)c1cc(CCc2cnc(Nc3ccc(N(CC(C)C)CC(C)C)cc3)nc2)c(Cl)c(OC)c1. The Morgan fingerprint density at radius 2 is 1.62 bits per heavy atom. The number of rotatable bonds is 12. The first kappa shape index (κ1) is 28.3. The lowest BCUT2D eigenvalue weighted by Gasteiger charge is -2.28. The molecule has 7 nitrogen and oxygen atoms in total. The lowest BCUT2D eigenvalue weighted by molar-refractivity contribution is 0.0962. The number of benzene rings is 2. The third-order valence-corrected chi connectivity index (χ3v) is 6.30. The summed E-state index contributed by atoms with van der Waals surface area (Å²) in [6.07, 6.45) is 4.92. The molecule has 37 heavy (non-hydrogen) atoms. The van der Waals surface area contributed by atoms with Crippen molar-refractivity contribution in [2.75, 3.05) is 37.5 Å². The lowest BCUT2D eigenvalue weighted by atomic mass is 10.0. The minimum absolute atomic E-state index is 0.185. The van der Waals surface area contributed by atoms with E-state index in [1.165, 1.54) is 5.69 Å². The van der Waals surface area contributed by atoms with Crippen LogP contribution in [-0.2, 0) is 12.8 Å². The van der Waals surface area contributed by atoms with Gasteiger partial charge in [-0.1, -0.05) is 39.3 Å².